The average Bonchev–Trinajstić information content (AvgIpc) is 2.49. The number of ether oxygens (including phenoxy) is 3. The van der Waals surface area contributed by atoms with Crippen molar-refractivity contribution in [3.63, 3.8) is 0 Å². The highest BCUT2D eigenvalue weighted by atomic mass is 19.1. The van der Waals surface area contributed by atoms with E-state index in [0.717, 1.165) is 0 Å². The van der Waals surface area contributed by atoms with Gasteiger partial charge in [0.1, 0.15) is 0 Å². The van der Waals surface area contributed by atoms with E-state index in [-0.39, 0.29) is 11.5 Å². The third-order valence-electron chi connectivity index (χ3n) is 3.03. The van der Waals surface area contributed by atoms with Crippen LogP contribution in [0.4, 0.5) is 4.39 Å². The van der Waals surface area contributed by atoms with Crippen LogP contribution in [0.3, 0.4) is 0 Å². The molecule has 2 aromatic carbocycles. The van der Waals surface area contributed by atoms with Crippen molar-refractivity contribution in [1.82, 2.24) is 0 Å². The molecule has 0 unspecified atom stereocenters. The average molecular weight is 292 g/mol. The molecule has 0 spiro atoms. The summed E-state index contributed by atoms with van der Waals surface area (Å²) in [6.45, 7) is 1.54. The molecule has 1 N–H and O–H groups in total. The molecule has 5 heteroatoms. The Labute approximate surface area is 122 Å². The quantitative estimate of drug-likeness (QED) is 0.913. The molecule has 0 aliphatic heterocycles. The van der Waals surface area contributed by atoms with Crippen molar-refractivity contribution in [2.24, 2.45) is 0 Å². The fourth-order valence-corrected chi connectivity index (χ4v) is 1.98. The number of hydrogen-bond acceptors (Lipinski definition) is 4. The Hall–Kier alpha value is -2.27. The number of rotatable bonds is 5. The molecule has 0 fully saturated rings. The molecule has 4 nitrogen and oxygen atoms in total. The van der Waals surface area contributed by atoms with Crippen LogP contribution in [0.2, 0.25) is 0 Å². The summed E-state index contributed by atoms with van der Waals surface area (Å²) in [4.78, 5) is 0. The lowest BCUT2D eigenvalue weighted by Crippen LogP contribution is -2.01. The summed E-state index contributed by atoms with van der Waals surface area (Å²) in [5, 5.41) is 9.75. The molecule has 0 aromatic heterocycles. The van der Waals surface area contributed by atoms with Gasteiger partial charge in [-0.15, -0.1) is 0 Å². The minimum atomic E-state index is -0.864. The van der Waals surface area contributed by atoms with E-state index in [1.54, 1.807) is 31.2 Å². The number of halogens is 1. The lowest BCUT2D eigenvalue weighted by molar-refractivity contribution is 0.194. The molecule has 0 amide bonds. The van der Waals surface area contributed by atoms with Crippen molar-refractivity contribution in [3.8, 4) is 23.0 Å². The molecule has 2 aromatic rings. The smallest absolute Gasteiger partial charge is 0.211 e. The zero-order valence-corrected chi connectivity index (χ0v) is 12.1. The number of hydrogen-bond donors (Lipinski definition) is 1. The zero-order chi connectivity index (χ0) is 15.4. The van der Waals surface area contributed by atoms with Gasteiger partial charge in [0, 0.05) is 5.56 Å². The second-order valence-corrected chi connectivity index (χ2v) is 4.43. The van der Waals surface area contributed by atoms with Crippen LogP contribution in [0.1, 0.15) is 18.6 Å². The Kier molecular flexibility index (Phi) is 4.65. The summed E-state index contributed by atoms with van der Waals surface area (Å²) in [5.41, 5.74) is 0.350. The molecule has 0 saturated heterocycles. The largest absolute Gasteiger partial charge is 0.493 e. The summed E-state index contributed by atoms with van der Waals surface area (Å²) in [5.74, 6) is 0.467. The van der Waals surface area contributed by atoms with Crippen molar-refractivity contribution in [2.45, 2.75) is 13.0 Å². The summed E-state index contributed by atoms with van der Waals surface area (Å²) < 4.78 is 30.1. The molecular formula is C16H17FO4. The number of para-hydroxylation sites is 2. The van der Waals surface area contributed by atoms with Gasteiger partial charge >= 0.3 is 0 Å². The van der Waals surface area contributed by atoms with E-state index in [2.05, 4.69) is 0 Å². The molecule has 0 aliphatic rings. The molecular weight excluding hydrogens is 275 g/mol. The molecule has 0 radical (unpaired) electrons. The van der Waals surface area contributed by atoms with E-state index in [1.165, 1.54) is 26.4 Å². The Bertz CT molecular complexity index is 603. The molecule has 0 aliphatic carbocycles. The van der Waals surface area contributed by atoms with Gasteiger partial charge in [0.15, 0.2) is 23.1 Å². The third kappa shape index (κ3) is 3.08. The van der Waals surface area contributed by atoms with Gasteiger partial charge in [-0.25, -0.2) is 4.39 Å². The first-order valence-electron chi connectivity index (χ1n) is 6.43. The molecule has 0 heterocycles. The number of aliphatic hydroxyl groups excluding tert-OH is 1. The molecule has 0 saturated carbocycles. The van der Waals surface area contributed by atoms with Crippen LogP contribution in [0, 0.1) is 5.82 Å². The Morgan fingerprint density at radius 3 is 2.05 bits per heavy atom. The van der Waals surface area contributed by atoms with E-state index in [0.29, 0.717) is 17.1 Å². The van der Waals surface area contributed by atoms with Crippen LogP contribution in [-0.4, -0.2) is 19.3 Å². The maximum atomic E-state index is 14.0. The summed E-state index contributed by atoms with van der Waals surface area (Å²) in [6, 6.07) is 9.49. The van der Waals surface area contributed by atoms with Gasteiger partial charge in [0.25, 0.3) is 0 Å². The van der Waals surface area contributed by atoms with Crippen LogP contribution in [0.15, 0.2) is 36.4 Å². The topological polar surface area (TPSA) is 47.9 Å². The van der Waals surface area contributed by atoms with Gasteiger partial charge in [-0.1, -0.05) is 18.2 Å². The van der Waals surface area contributed by atoms with Crippen LogP contribution in [0.5, 0.6) is 23.0 Å². The van der Waals surface area contributed by atoms with Crippen LogP contribution < -0.4 is 14.2 Å². The number of benzene rings is 2. The fourth-order valence-electron chi connectivity index (χ4n) is 1.98. The van der Waals surface area contributed by atoms with Crippen molar-refractivity contribution in [3.05, 3.63) is 47.8 Å². The monoisotopic (exact) mass is 292 g/mol. The Morgan fingerprint density at radius 2 is 1.52 bits per heavy atom. The highest BCUT2D eigenvalue weighted by Gasteiger charge is 2.19. The van der Waals surface area contributed by atoms with Gasteiger partial charge in [-0.2, -0.15) is 0 Å². The lowest BCUT2D eigenvalue weighted by Gasteiger charge is -2.17. The van der Waals surface area contributed by atoms with Crippen LogP contribution in [-0.2, 0) is 0 Å². The minimum absolute atomic E-state index is 0.0460. The molecule has 0 bridgehead atoms. The van der Waals surface area contributed by atoms with Crippen molar-refractivity contribution < 1.29 is 23.7 Å². The van der Waals surface area contributed by atoms with Gasteiger partial charge in [0.2, 0.25) is 5.75 Å². The van der Waals surface area contributed by atoms with Gasteiger partial charge < -0.3 is 19.3 Å². The van der Waals surface area contributed by atoms with E-state index in [1.807, 2.05) is 0 Å². The first kappa shape index (κ1) is 15.1. The predicted octanol–water partition coefficient (Wildman–Crippen LogP) is 3.69. The second-order valence-electron chi connectivity index (χ2n) is 4.43. The van der Waals surface area contributed by atoms with Gasteiger partial charge in [-0.3, -0.25) is 0 Å². The van der Waals surface area contributed by atoms with E-state index in [9.17, 15) is 9.50 Å². The number of aliphatic hydroxyl groups is 1. The lowest BCUT2D eigenvalue weighted by atomic mass is 10.1. The molecule has 2 rings (SSSR count). The maximum absolute atomic E-state index is 14.0. The van der Waals surface area contributed by atoms with E-state index in [4.69, 9.17) is 14.2 Å². The molecule has 21 heavy (non-hydrogen) atoms. The van der Waals surface area contributed by atoms with E-state index >= 15 is 0 Å². The highest BCUT2D eigenvalue weighted by Crippen LogP contribution is 2.42. The van der Waals surface area contributed by atoms with Gasteiger partial charge in [-0.05, 0) is 25.1 Å². The highest BCUT2D eigenvalue weighted by molar-refractivity contribution is 5.54. The summed E-state index contributed by atoms with van der Waals surface area (Å²) in [7, 11) is 2.97. The third-order valence-corrected chi connectivity index (χ3v) is 3.03. The minimum Gasteiger partial charge on any atom is -0.493 e. The van der Waals surface area contributed by atoms with E-state index < -0.39 is 11.9 Å². The normalized spacial score (nSPS) is 11.9. The summed E-state index contributed by atoms with van der Waals surface area (Å²) >= 11 is 0. The van der Waals surface area contributed by atoms with Crippen molar-refractivity contribution in [1.29, 1.82) is 0 Å². The second kappa shape index (κ2) is 6.45. The van der Waals surface area contributed by atoms with Crippen molar-refractivity contribution >= 4 is 0 Å². The standard InChI is InChI=1S/C16H17FO4/c1-10(18)11-6-4-7-12(17)15(11)21-16-13(19-2)8-5-9-14(16)20-3/h4-10,18H,1-3H3/t10-/m1/s1. The molecule has 112 valence electrons. The maximum Gasteiger partial charge on any atom is 0.211 e. The van der Waals surface area contributed by atoms with Crippen LogP contribution in [0.25, 0.3) is 0 Å². The molecule has 1 atom stereocenters. The Balaban J connectivity index is 2.53. The first-order valence-corrected chi connectivity index (χ1v) is 6.43. The zero-order valence-electron chi connectivity index (χ0n) is 12.1. The first-order chi connectivity index (χ1) is 10.1. The van der Waals surface area contributed by atoms with Gasteiger partial charge in [0.05, 0.1) is 20.3 Å². The SMILES string of the molecule is COc1cccc(OC)c1Oc1c(F)cccc1[C@@H](C)O. The number of methoxy groups -OCH3 is 2. The van der Waals surface area contributed by atoms with Crippen LogP contribution >= 0.6 is 0 Å². The fraction of sp³-hybridized carbons (Fsp3) is 0.250. The summed E-state index contributed by atoms with van der Waals surface area (Å²) in [6.07, 6.45) is -0.864. The predicted molar refractivity (Wildman–Crippen MR) is 76.7 cm³/mol. The van der Waals surface area contributed by atoms with Crippen molar-refractivity contribution in [2.75, 3.05) is 14.2 Å². The Morgan fingerprint density at radius 1 is 0.952 bits per heavy atom.